The first-order valence-electron chi connectivity index (χ1n) is 6.48. The molecular weight excluding hydrogens is 284 g/mol. The number of phenolic OH excluding ortho intramolecular Hbond substituents is 1. The standard InChI is InChI=1S/C15H14N4OS/c1-11-3-2-4-12(9-11)10-21-15-16-17-18-19(15)13-5-7-14(20)8-6-13/h2-9,20H,10H2,1H3. The smallest absolute Gasteiger partial charge is 0.214 e. The van der Waals surface area contributed by atoms with Gasteiger partial charge < -0.3 is 5.11 Å². The zero-order chi connectivity index (χ0) is 14.7. The van der Waals surface area contributed by atoms with Crippen LogP contribution in [0.1, 0.15) is 11.1 Å². The van der Waals surface area contributed by atoms with Crippen LogP contribution in [0, 0.1) is 6.92 Å². The quantitative estimate of drug-likeness (QED) is 0.750. The lowest BCUT2D eigenvalue weighted by Gasteiger charge is -2.05. The summed E-state index contributed by atoms with van der Waals surface area (Å²) in [4.78, 5) is 0. The summed E-state index contributed by atoms with van der Waals surface area (Å²) in [5.41, 5.74) is 3.30. The van der Waals surface area contributed by atoms with Crippen molar-refractivity contribution < 1.29 is 5.11 Å². The fourth-order valence-corrected chi connectivity index (χ4v) is 2.81. The van der Waals surface area contributed by atoms with E-state index in [0.29, 0.717) is 0 Å². The molecule has 1 N–H and O–H groups in total. The average molecular weight is 298 g/mol. The predicted molar refractivity (Wildman–Crippen MR) is 81.6 cm³/mol. The number of benzene rings is 2. The van der Waals surface area contributed by atoms with Crippen molar-refractivity contribution in [2.45, 2.75) is 17.8 Å². The van der Waals surface area contributed by atoms with E-state index in [1.165, 1.54) is 11.1 Å². The molecule has 0 aliphatic rings. The molecule has 0 atom stereocenters. The van der Waals surface area contributed by atoms with E-state index >= 15 is 0 Å². The highest BCUT2D eigenvalue weighted by Gasteiger charge is 2.09. The summed E-state index contributed by atoms with van der Waals surface area (Å²) in [6.07, 6.45) is 0. The Morgan fingerprint density at radius 1 is 1.14 bits per heavy atom. The normalized spacial score (nSPS) is 10.7. The third-order valence-corrected chi connectivity index (χ3v) is 3.98. The highest BCUT2D eigenvalue weighted by atomic mass is 32.2. The van der Waals surface area contributed by atoms with E-state index in [0.717, 1.165) is 16.6 Å². The molecule has 5 nitrogen and oxygen atoms in total. The molecule has 2 aromatic carbocycles. The molecule has 0 amide bonds. The Balaban J connectivity index is 1.78. The van der Waals surface area contributed by atoms with Crippen molar-refractivity contribution in [3.05, 3.63) is 59.7 Å². The lowest BCUT2D eigenvalue weighted by molar-refractivity contribution is 0.475. The zero-order valence-electron chi connectivity index (χ0n) is 11.5. The van der Waals surface area contributed by atoms with Crippen molar-refractivity contribution in [2.75, 3.05) is 0 Å². The van der Waals surface area contributed by atoms with Gasteiger partial charge in [-0.3, -0.25) is 0 Å². The van der Waals surface area contributed by atoms with Gasteiger partial charge in [-0.2, -0.15) is 4.68 Å². The second-order valence-electron chi connectivity index (χ2n) is 4.67. The number of nitrogens with zero attached hydrogens (tertiary/aromatic N) is 4. The summed E-state index contributed by atoms with van der Waals surface area (Å²) in [5.74, 6) is 1.03. The van der Waals surface area contributed by atoms with Crippen LogP contribution in [0.2, 0.25) is 0 Å². The molecule has 1 aromatic heterocycles. The first-order chi connectivity index (χ1) is 10.2. The Morgan fingerprint density at radius 2 is 1.95 bits per heavy atom. The van der Waals surface area contributed by atoms with Crippen molar-refractivity contribution in [3.8, 4) is 11.4 Å². The maximum Gasteiger partial charge on any atom is 0.214 e. The first-order valence-corrected chi connectivity index (χ1v) is 7.47. The number of thioether (sulfide) groups is 1. The fraction of sp³-hybridized carbons (Fsp3) is 0.133. The van der Waals surface area contributed by atoms with Crippen LogP contribution in [0.5, 0.6) is 5.75 Å². The minimum atomic E-state index is 0.223. The van der Waals surface area contributed by atoms with E-state index in [4.69, 9.17) is 0 Å². The topological polar surface area (TPSA) is 63.8 Å². The Bertz CT molecular complexity index is 739. The summed E-state index contributed by atoms with van der Waals surface area (Å²) in [6.45, 7) is 2.08. The number of aromatic hydroxyl groups is 1. The molecule has 6 heteroatoms. The monoisotopic (exact) mass is 298 g/mol. The van der Waals surface area contributed by atoms with Gasteiger partial charge in [0, 0.05) is 5.75 Å². The molecule has 0 fully saturated rings. The van der Waals surface area contributed by atoms with Crippen LogP contribution >= 0.6 is 11.8 Å². The Labute approximate surface area is 126 Å². The summed E-state index contributed by atoms with van der Waals surface area (Å²) in [5, 5.41) is 21.8. The van der Waals surface area contributed by atoms with Gasteiger partial charge in [0.2, 0.25) is 5.16 Å². The Hall–Kier alpha value is -2.34. The van der Waals surface area contributed by atoms with Crippen LogP contribution in [0.15, 0.2) is 53.7 Å². The number of aryl methyl sites for hydroxylation is 1. The molecule has 1 heterocycles. The van der Waals surface area contributed by atoms with Crippen molar-refractivity contribution in [3.63, 3.8) is 0 Å². The number of hydrogen-bond acceptors (Lipinski definition) is 5. The van der Waals surface area contributed by atoms with Crippen LogP contribution in [-0.4, -0.2) is 25.3 Å². The van der Waals surface area contributed by atoms with E-state index in [1.807, 2.05) is 6.07 Å². The molecule has 0 aliphatic heterocycles. The molecule has 0 aliphatic carbocycles. The number of hydrogen-bond donors (Lipinski definition) is 1. The maximum absolute atomic E-state index is 9.34. The molecular formula is C15H14N4OS. The lowest BCUT2D eigenvalue weighted by atomic mass is 10.2. The molecule has 21 heavy (non-hydrogen) atoms. The van der Waals surface area contributed by atoms with Gasteiger partial charge in [0.15, 0.2) is 0 Å². The number of aromatic nitrogens is 4. The molecule has 3 aromatic rings. The van der Waals surface area contributed by atoms with E-state index in [-0.39, 0.29) is 5.75 Å². The van der Waals surface area contributed by atoms with Crippen molar-refractivity contribution in [1.82, 2.24) is 20.2 Å². The average Bonchev–Trinajstić information content (AvgIpc) is 2.94. The molecule has 106 valence electrons. The molecule has 0 bridgehead atoms. The molecule has 0 spiro atoms. The maximum atomic E-state index is 9.34. The SMILES string of the molecule is Cc1cccc(CSc2nnnn2-c2ccc(O)cc2)c1. The zero-order valence-corrected chi connectivity index (χ0v) is 12.3. The van der Waals surface area contributed by atoms with Gasteiger partial charge in [-0.05, 0) is 47.2 Å². The molecule has 0 saturated heterocycles. The second-order valence-corrected chi connectivity index (χ2v) is 5.61. The molecule has 0 saturated carbocycles. The summed E-state index contributed by atoms with van der Waals surface area (Å²) in [6, 6.07) is 15.2. The summed E-state index contributed by atoms with van der Waals surface area (Å²) < 4.78 is 1.67. The number of tetrazole rings is 1. The third kappa shape index (κ3) is 3.22. The Morgan fingerprint density at radius 3 is 2.71 bits per heavy atom. The lowest BCUT2D eigenvalue weighted by Crippen LogP contribution is -1.98. The summed E-state index contributed by atoms with van der Waals surface area (Å²) in [7, 11) is 0. The van der Waals surface area contributed by atoms with E-state index < -0.39 is 0 Å². The van der Waals surface area contributed by atoms with Crippen molar-refractivity contribution in [1.29, 1.82) is 0 Å². The van der Waals surface area contributed by atoms with E-state index in [9.17, 15) is 5.11 Å². The van der Waals surface area contributed by atoms with Crippen LogP contribution in [0.25, 0.3) is 5.69 Å². The van der Waals surface area contributed by atoms with Crippen LogP contribution in [-0.2, 0) is 5.75 Å². The highest BCUT2D eigenvalue weighted by molar-refractivity contribution is 7.98. The first kappa shape index (κ1) is 13.6. The molecule has 3 rings (SSSR count). The van der Waals surface area contributed by atoms with Gasteiger partial charge in [0.05, 0.1) is 5.69 Å². The highest BCUT2D eigenvalue weighted by Crippen LogP contribution is 2.23. The van der Waals surface area contributed by atoms with Gasteiger partial charge in [-0.15, -0.1) is 5.10 Å². The predicted octanol–water partition coefficient (Wildman–Crippen LogP) is 2.97. The van der Waals surface area contributed by atoms with Crippen LogP contribution in [0.3, 0.4) is 0 Å². The minimum Gasteiger partial charge on any atom is -0.508 e. The van der Waals surface area contributed by atoms with E-state index in [1.54, 1.807) is 40.7 Å². The van der Waals surface area contributed by atoms with Crippen molar-refractivity contribution >= 4 is 11.8 Å². The van der Waals surface area contributed by atoms with Gasteiger partial charge >= 0.3 is 0 Å². The third-order valence-electron chi connectivity index (χ3n) is 2.99. The van der Waals surface area contributed by atoms with Gasteiger partial charge in [0.25, 0.3) is 0 Å². The van der Waals surface area contributed by atoms with Crippen LogP contribution in [0.4, 0.5) is 0 Å². The van der Waals surface area contributed by atoms with Crippen LogP contribution < -0.4 is 0 Å². The molecule has 0 unspecified atom stereocenters. The Kier molecular flexibility index (Phi) is 3.87. The van der Waals surface area contributed by atoms with Gasteiger partial charge in [-0.25, -0.2) is 0 Å². The fourth-order valence-electron chi connectivity index (χ4n) is 1.97. The summed E-state index contributed by atoms with van der Waals surface area (Å²) >= 11 is 1.58. The van der Waals surface area contributed by atoms with Crippen molar-refractivity contribution in [2.24, 2.45) is 0 Å². The minimum absolute atomic E-state index is 0.223. The largest absolute Gasteiger partial charge is 0.508 e. The van der Waals surface area contributed by atoms with Gasteiger partial charge in [0.1, 0.15) is 5.75 Å². The van der Waals surface area contributed by atoms with E-state index in [2.05, 4.69) is 40.6 Å². The second kappa shape index (κ2) is 5.97. The number of phenols is 1. The molecule has 0 radical (unpaired) electrons. The van der Waals surface area contributed by atoms with Gasteiger partial charge in [-0.1, -0.05) is 41.6 Å². The number of rotatable bonds is 4.